The molecule has 0 saturated heterocycles. The molecule has 0 aliphatic rings. The summed E-state index contributed by atoms with van der Waals surface area (Å²) in [6.45, 7) is 9.32. The van der Waals surface area contributed by atoms with Gasteiger partial charge < -0.3 is 33.0 Å². The van der Waals surface area contributed by atoms with Crippen molar-refractivity contribution in [3.05, 3.63) is 77.3 Å². The van der Waals surface area contributed by atoms with Crippen molar-refractivity contribution in [1.29, 1.82) is 0 Å². The number of nitrogen functional groups attached to an aromatic ring is 4. The van der Waals surface area contributed by atoms with E-state index in [4.69, 9.17) is 27.7 Å². The second kappa shape index (κ2) is 16.5. The topological polar surface area (TPSA) is 155 Å². The van der Waals surface area contributed by atoms with Gasteiger partial charge in [0.05, 0.1) is 23.5 Å². The highest BCUT2D eigenvalue weighted by molar-refractivity contribution is 7.81. The maximum Gasteiger partial charge on any atom is 0.221 e. The maximum absolute atomic E-state index is 10.8. The minimum absolute atomic E-state index is 0.146. The van der Waals surface area contributed by atoms with E-state index < -0.39 is 0 Å². The number of carbonyl (C=O) groups excluding carboxylic acids is 1. The van der Waals surface area contributed by atoms with E-state index in [9.17, 15) is 4.79 Å². The van der Waals surface area contributed by atoms with E-state index in [0.29, 0.717) is 38.3 Å². The van der Waals surface area contributed by atoms with Crippen molar-refractivity contribution in [2.75, 3.05) is 35.4 Å². The lowest BCUT2D eigenvalue weighted by Crippen LogP contribution is -2.06. The molecule has 5 aromatic rings. The monoisotopic (exact) mass is 636 g/mol. The van der Waals surface area contributed by atoms with E-state index in [0.717, 1.165) is 26.8 Å². The summed E-state index contributed by atoms with van der Waals surface area (Å²) >= 11 is 9.82. The number of nitrogens with one attached hydrogen (secondary N) is 1. The summed E-state index contributed by atoms with van der Waals surface area (Å²) in [7, 11) is 1.57. The average Bonchev–Trinajstić information content (AvgIpc) is 3.32. The third-order valence-electron chi connectivity index (χ3n) is 5.86. The molecule has 9 N–H and O–H groups in total. The maximum atomic E-state index is 10.8. The number of thiol groups is 2. The Morgan fingerprint density at radius 1 is 0.837 bits per heavy atom. The van der Waals surface area contributed by atoms with Gasteiger partial charge in [0.2, 0.25) is 5.91 Å². The Morgan fingerprint density at radius 3 is 2.07 bits per heavy atom. The van der Waals surface area contributed by atoms with Gasteiger partial charge in [-0.3, -0.25) is 4.79 Å². The largest absolute Gasteiger partial charge is 0.495 e. The fourth-order valence-corrected chi connectivity index (χ4v) is 4.94. The number of hydrogen-bond acceptors (Lipinski definition) is 10. The summed E-state index contributed by atoms with van der Waals surface area (Å²) in [6.07, 6.45) is 0. The molecule has 1 aromatic heterocycles. The van der Waals surface area contributed by atoms with Crippen LogP contribution in [0.2, 0.25) is 0 Å². The second-order valence-electron chi connectivity index (χ2n) is 9.07. The molecular formula is C32H40N6O2S3. The third kappa shape index (κ3) is 10.0. The molecule has 8 nitrogen and oxygen atoms in total. The SMILES string of the molecule is CC.CC(=O)Nc1cc(S)c(N)cc1S.COc1cc(N)c(C)cc1N.Cc1nc(-c2ccc3ccccc3c2)c(N)s1. The van der Waals surface area contributed by atoms with Gasteiger partial charge in [0.1, 0.15) is 16.4 Å². The molecule has 4 aromatic carbocycles. The first-order valence-electron chi connectivity index (χ1n) is 13.4. The van der Waals surface area contributed by atoms with Crippen LogP contribution in [-0.4, -0.2) is 18.0 Å². The number of benzene rings is 4. The van der Waals surface area contributed by atoms with Crippen LogP contribution in [0.1, 0.15) is 31.3 Å². The summed E-state index contributed by atoms with van der Waals surface area (Å²) in [6, 6.07) is 21.5. The number of nitrogens with zero attached hydrogens (tertiary/aromatic N) is 1. The van der Waals surface area contributed by atoms with Gasteiger partial charge in [-0.2, -0.15) is 0 Å². The minimum Gasteiger partial charge on any atom is -0.495 e. The fraction of sp³-hybridized carbons (Fsp3) is 0.188. The zero-order valence-electron chi connectivity index (χ0n) is 25.2. The Kier molecular flexibility index (Phi) is 13.5. The lowest BCUT2D eigenvalue weighted by Gasteiger charge is -2.08. The van der Waals surface area contributed by atoms with Gasteiger partial charge in [-0.05, 0) is 54.4 Å². The van der Waals surface area contributed by atoms with Crippen LogP contribution >= 0.6 is 36.6 Å². The second-order valence-corrected chi connectivity index (χ2v) is 11.3. The van der Waals surface area contributed by atoms with E-state index in [1.54, 1.807) is 31.4 Å². The van der Waals surface area contributed by atoms with Crippen molar-refractivity contribution in [3.63, 3.8) is 0 Å². The minimum atomic E-state index is -0.146. The summed E-state index contributed by atoms with van der Waals surface area (Å²) in [5.74, 6) is 0.487. The van der Waals surface area contributed by atoms with Gasteiger partial charge in [-0.25, -0.2) is 4.98 Å². The molecule has 43 heavy (non-hydrogen) atoms. The number of nitrogens with two attached hydrogens (primary N) is 4. The van der Waals surface area contributed by atoms with Crippen LogP contribution in [0.25, 0.3) is 22.0 Å². The predicted molar refractivity (Wildman–Crippen MR) is 192 cm³/mol. The number of anilines is 5. The quantitative estimate of drug-likeness (QED) is 0.0785. The van der Waals surface area contributed by atoms with Crippen molar-refractivity contribution in [3.8, 4) is 17.0 Å². The molecule has 1 amide bonds. The van der Waals surface area contributed by atoms with Crippen LogP contribution in [0.4, 0.5) is 27.8 Å². The van der Waals surface area contributed by atoms with Gasteiger partial charge in [-0.1, -0.05) is 50.2 Å². The highest BCUT2D eigenvalue weighted by Crippen LogP contribution is 2.32. The standard InChI is InChI=1S/C14H12N2S.C8H10N2OS2.C8H12N2O.C2H6/c1-9-16-13(14(15)17-9)12-7-6-10-4-2-3-5-11(10)8-12;1-4(11)10-6-3-7(12)5(9)2-8(6)13;1-5-3-7(10)8(11-2)4-6(5)9;1-2/h2-8H,15H2,1H3;2-3,12-13H,9H2,1H3,(H,10,11);3-4H,9-10H2,1-2H3;1-2H3. The number of ether oxygens (including phenoxy) is 1. The first kappa shape index (κ1) is 35.1. The first-order chi connectivity index (χ1) is 20.4. The first-order valence-corrected chi connectivity index (χ1v) is 15.1. The fourth-order valence-electron chi connectivity index (χ4n) is 3.77. The molecule has 0 aliphatic heterocycles. The van der Waals surface area contributed by atoms with Crippen molar-refractivity contribution in [2.45, 2.75) is 44.4 Å². The molecule has 0 bridgehead atoms. The van der Waals surface area contributed by atoms with Gasteiger partial charge in [0.15, 0.2) is 0 Å². The molecule has 0 fully saturated rings. The van der Waals surface area contributed by atoms with E-state index in [-0.39, 0.29) is 5.91 Å². The van der Waals surface area contributed by atoms with Gasteiger partial charge in [0.25, 0.3) is 0 Å². The Hall–Kier alpha value is -4.06. The number of thiazole rings is 1. The summed E-state index contributed by atoms with van der Waals surface area (Å²) in [4.78, 5) is 16.5. The Morgan fingerprint density at radius 2 is 1.49 bits per heavy atom. The third-order valence-corrected chi connectivity index (χ3v) is 7.41. The van der Waals surface area contributed by atoms with E-state index in [1.165, 1.54) is 29.0 Å². The zero-order chi connectivity index (χ0) is 32.3. The van der Waals surface area contributed by atoms with Crippen LogP contribution < -0.4 is 33.0 Å². The molecule has 0 spiro atoms. The normalized spacial score (nSPS) is 9.86. The van der Waals surface area contributed by atoms with Crippen LogP contribution in [0.5, 0.6) is 5.75 Å². The number of aromatic nitrogens is 1. The Bertz CT molecular complexity index is 1690. The molecule has 1 heterocycles. The van der Waals surface area contributed by atoms with Gasteiger partial charge in [-0.15, -0.1) is 36.6 Å². The van der Waals surface area contributed by atoms with E-state index in [2.05, 4.69) is 65.9 Å². The number of carbonyl (C=O) groups is 1. The van der Waals surface area contributed by atoms with Crippen molar-refractivity contribution in [2.24, 2.45) is 0 Å². The molecule has 0 aliphatic carbocycles. The van der Waals surface area contributed by atoms with Gasteiger partial charge in [0, 0.05) is 39.7 Å². The predicted octanol–water partition coefficient (Wildman–Crippen LogP) is 7.85. The molecule has 0 atom stereocenters. The lowest BCUT2D eigenvalue weighted by atomic mass is 10.1. The molecule has 5 rings (SSSR count). The van der Waals surface area contributed by atoms with Gasteiger partial charge >= 0.3 is 0 Å². The summed E-state index contributed by atoms with van der Waals surface area (Å²) < 4.78 is 4.98. The van der Waals surface area contributed by atoms with Crippen LogP contribution in [0.3, 0.4) is 0 Å². The van der Waals surface area contributed by atoms with Crippen molar-refractivity contribution >= 4 is 81.0 Å². The molecule has 0 unspecified atom stereocenters. The number of fused-ring (bicyclic) bond motifs is 1. The molecule has 228 valence electrons. The number of hydrogen-bond donors (Lipinski definition) is 7. The summed E-state index contributed by atoms with van der Waals surface area (Å²) in [5.41, 5.74) is 28.3. The van der Waals surface area contributed by atoms with E-state index >= 15 is 0 Å². The molecule has 11 heteroatoms. The summed E-state index contributed by atoms with van der Waals surface area (Å²) in [5, 5.41) is 6.87. The smallest absolute Gasteiger partial charge is 0.221 e. The van der Waals surface area contributed by atoms with Crippen LogP contribution in [-0.2, 0) is 4.79 Å². The van der Waals surface area contributed by atoms with Crippen LogP contribution in [0.15, 0.2) is 76.5 Å². The van der Waals surface area contributed by atoms with E-state index in [1.807, 2.05) is 39.8 Å². The molecule has 0 saturated carbocycles. The number of rotatable bonds is 3. The number of aryl methyl sites for hydroxylation is 2. The lowest BCUT2D eigenvalue weighted by molar-refractivity contribution is -0.114. The van der Waals surface area contributed by atoms with Crippen LogP contribution in [0, 0.1) is 13.8 Å². The molecule has 0 radical (unpaired) electrons. The van der Waals surface area contributed by atoms with Crippen molar-refractivity contribution < 1.29 is 9.53 Å². The van der Waals surface area contributed by atoms with Crippen molar-refractivity contribution in [1.82, 2.24) is 4.98 Å². The highest BCUT2D eigenvalue weighted by atomic mass is 32.1. The average molecular weight is 637 g/mol. The Labute approximate surface area is 268 Å². The zero-order valence-corrected chi connectivity index (χ0v) is 27.8. The number of amides is 1. The molecular weight excluding hydrogens is 597 g/mol. The highest BCUT2D eigenvalue weighted by Gasteiger charge is 2.09. The number of methoxy groups -OCH3 is 1. The Balaban J connectivity index is 0.000000225.